The fourth-order valence-electron chi connectivity index (χ4n) is 2.55. The zero-order valence-electron chi connectivity index (χ0n) is 12.6. The van der Waals surface area contributed by atoms with Crippen molar-refractivity contribution in [2.75, 3.05) is 37.7 Å². The van der Waals surface area contributed by atoms with Gasteiger partial charge in [-0.15, -0.1) is 0 Å². The van der Waals surface area contributed by atoms with Crippen LogP contribution in [0.15, 0.2) is 12.4 Å². The highest BCUT2D eigenvalue weighted by atomic mass is 16.5. The first-order chi connectivity index (χ1) is 9.83. The summed E-state index contributed by atoms with van der Waals surface area (Å²) < 4.78 is 5.59. The van der Waals surface area contributed by atoms with Gasteiger partial charge in [0.05, 0.1) is 6.61 Å². The lowest BCUT2D eigenvalue weighted by atomic mass is 9.97. The van der Waals surface area contributed by atoms with Crippen molar-refractivity contribution in [1.82, 2.24) is 15.3 Å². The number of hydrogen-bond donors (Lipinski definition) is 1. The van der Waals surface area contributed by atoms with Crippen molar-refractivity contribution < 1.29 is 4.74 Å². The lowest BCUT2D eigenvalue weighted by molar-refractivity contribution is 0.304. The number of anilines is 1. The molecule has 0 spiro atoms. The summed E-state index contributed by atoms with van der Waals surface area (Å²) >= 11 is 0. The van der Waals surface area contributed by atoms with Crippen LogP contribution in [0.2, 0.25) is 0 Å². The van der Waals surface area contributed by atoms with E-state index in [4.69, 9.17) is 4.74 Å². The number of nitrogens with one attached hydrogen (secondary N) is 1. The highest BCUT2D eigenvalue weighted by molar-refractivity contribution is 5.40. The van der Waals surface area contributed by atoms with Crippen LogP contribution in [0.1, 0.15) is 33.1 Å². The molecule has 1 aliphatic heterocycles. The molecule has 1 aliphatic rings. The van der Waals surface area contributed by atoms with Crippen LogP contribution in [-0.2, 0) is 0 Å². The molecule has 2 rings (SSSR count). The number of aromatic nitrogens is 2. The van der Waals surface area contributed by atoms with Crippen molar-refractivity contribution in [1.29, 1.82) is 0 Å². The molecule has 0 radical (unpaired) electrons. The Morgan fingerprint density at radius 2 is 2.10 bits per heavy atom. The number of ether oxygens (including phenoxy) is 1. The van der Waals surface area contributed by atoms with E-state index in [1.165, 1.54) is 12.8 Å². The molecule has 0 aliphatic carbocycles. The van der Waals surface area contributed by atoms with Gasteiger partial charge in [-0.1, -0.05) is 6.92 Å². The van der Waals surface area contributed by atoms with E-state index in [0.29, 0.717) is 12.5 Å². The zero-order valence-corrected chi connectivity index (χ0v) is 12.6. The third kappa shape index (κ3) is 4.34. The van der Waals surface area contributed by atoms with Crippen molar-refractivity contribution in [3.05, 3.63) is 12.4 Å². The Hall–Kier alpha value is -1.36. The Morgan fingerprint density at radius 1 is 1.30 bits per heavy atom. The Bertz CT molecular complexity index is 393. The van der Waals surface area contributed by atoms with Gasteiger partial charge in [-0.2, -0.15) is 0 Å². The average Bonchev–Trinajstić information content (AvgIpc) is 2.52. The molecule has 1 aromatic heterocycles. The molecule has 0 atom stereocenters. The molecule has 2 heterocycles. The maximum atomic E-state index is 5.59. The summed E-state index contributed by atoms with van der Waals surface area (Å²) in [5.41, 5.74) is 0. The van der Waals surface area contributed by atoms with Gasteiger partial charge in [-0.25, -0.2) is 9.97 Å². The lowest BCUT2D eigenvalue weighted by Crippen LogP contribution is -2.36. The molecule has 0 amide bonds. The molecule has 1 fully saturated rings. The maximum absolute atomic E-state index is 5.59. The highest BCUT2D eigenvalue weighted by Gasteiger charge is 2.17. The van der Waals surface area contributed by atoms with Crippen LogP contribution >= 0.6 is 0 Å². The second kappa shape index (κ2) is 8.04. The Kier molecular flexibility index (Phi) is 6.05. The second-order valence-corrected chi connectivity index (χ2v) is 5.29. The van der Waals surface area contributed by atoms with Gasteiger partial charge in [0.1, 0.15) is 12.1 Å². The van der Waals surface area contributed by atoms with Gasteiger partial charge in [0.2, 0.25) is 5.88 Å². The monoisotopic (exact) mass is 278 g/mol. The molecule has 5 nitrogen and oxygen atoms in total. The summed E-state index contributed by atoms with van der Waals surface area (Å²) in [7, 11) is 0. The molecule has 0 aromatic carbocycles. The molecule has 0 saturated carbocycles. The summed E-state index contributed by atoms with van der Waals surface area (Å²) in [4.78, 5) is 10.9. The van der Waals surface area contributed by atoms with Crippen LogP contribution in [0, 0.1) is 5.92 Å². The molecule has 5 heteroatoms. The summed E-state index contributed by atoms with van der Waals surface area (Å²) in [5, 5.41) is 3.41. The van der Waals surface area contributed by atoms with Crippen LogP contribution in [0.25, 0.3) is 0 Å². The predicted molar refractivity (Wildman–Crippen MR) is 81.3 cm³/mol. The third-order valence-corrected chi connectivity index (χ3v) is 3.72. The van der Waals surface area contributed by atoms with Crippen molar-refractivity contribution in [2.24, 2.45) is 5.92 Å². The van der Waals surface area contributed by atoms with E-state index in [1.807, 2.05) is 6.07 Å². The van der Waals surface area contributed by atoms with Crippen LogP contribution in [0.5, 0.6) is 5.88 Å². The van der Waals surface area contributed by atoms with Crippen molar-refractivity contribution in [3.63, 3.8) is 0 Å². The first-order valence-electron chi connectivity index (χ1n) is 7.74. The standard InChI is InChI=1S/C15H26N4O/c1-3-9-20-15-10-14(17-12-18-15)19(4-2)11-13-5-7-16-8-6-13/h10,12-13,16H,3-9,11H2,1-2H3. The topological polar surface area (TPSA) is 50.3 Å². The zero-order chi connectivity index (χ0) is 14.2. The minimum atomic E-state index is 0.681. The van der Waals surface area contributed by atoms with E-state index in [9.17, 15) is 0 Å². The Balaban J connectivity index is 1.98. The van der Waals surface area contributed by atoms with Crippen molar-refractivity contribution in [3.8, 4) is 5.88 Å². The van der Waals surface area contributed by atoms with Gasteiger partial charge >= 0.3 is 0 Å². The number of rotatable bonds is 7. The van der Waals surface area contributed by atoms with Crippen molar-refractivity contribution in [2.45, 2.75) is 33.1 Å². The summed E-state index contributed by atoms with van der Waals surface area (Å²) in [5.74, 6) is 2.42. The summed E-state index contributed by atoms with van der Waals surface area (Å²) in [6.07, 6.45) is 5.10. The van der Waals surface area contributed by atoms with E-state index in [-0.39, 0.29) is 0 Å². The molecule has 0 bridgehead atoms. The van der Waals surface area contributed by atoms with Crippen LogP contribution in [0.3, 0.4) is 0 Å². The third-order valence-electron chi connectivity index (χ3n) is 3.72. The Labute approximate surface area is 121 Å². The van der Waals surface area contributed by atoms with E-state index >= 15 is 0 Å². The smallest absolute Gasteiger partial charge is 0.218 e. The van der Waals surface area contributed by atoms with Crippen molar-refractivity contribution >= 4 is 5.82 Å². The van der Waals surface area contributed by atoms with E-state index < -0.39 is 0 Å². The van der Waals surface area contributed by atoms with Gasteiger partial charge in [0, 0.05) is 19.2 Å². The van der Waals surface area contributed by atoms with Crippen LogP contribution < -0.4 is 15.0 Å². The molecule has 112 valence electrons. The first kappa shape index (κ1) is 15.0. The van der Waals surface area contributed by atoms with E-state index in [0.717, 1.165) is 44.3 Å². The fraction of sp³-hybridized carbons (Fsp3) is 0.733. The molecular formula is C15H26N4O. The van der Waals surface area contributed by atoms with Crippen LogP contribution in [-0.4, -0.2) is 42.8 Å². The van der Waals surface area contributed by atoms with Crippen LogP contribution in [0.4, 0.5) is 5.82 Å². The minimum absolute atomic E-state index is 0.681. The van der Waals surface area contributed by atoms with Gasteiger partial charge in [-0.3, -0.25) is 0 Å². The second-order valence-electron chi connectivity index (χ2n) is 5.29. The normalized spacial score (nSPS) is 16.1. The highest BCUT2D eigenvalue weighted by Crippen LogP contribution is 2.20. The average molecular weight is 278 g/mol. The SMILES string of the molecule is CCCOc1cc(N(CC)CC2CCNCC2)ncn1. The molecular weight excluding hydrogens is 252 g/mol. The van der Waals surface area contributed by atoms with E-state index in [1.54, 1.807) is 6.33 Å². The molecule has 1 saturated heterocycles. The molecule has 20 heavy (non-hydrogen) atoms. The predicted octanol–water partition coefficient (Wildman–Crippen LogP) is 2.09. The van der Waals surface area contributed by atoms with Gasteiger partial charge in [-0.05, 0) is 45.2 Å². The first-order valence-corrected chi connectivity index (χ1v) is 7.74. The largest absolute Gasteiger partial charge is 0.478 e. The number of nitrogens with zero attached hydrogens (tertiary/aromatic N) is 3. The Morgan fingerprint density at radius 3 is 2.80 bits per heavy atom. The van der Waals surface area contributed by atoms with Gasteiger partial charge < -0.3 is 15.0 Å². The number of hydrogen-bond acceptors (Lipinski definition) is 5. The van der Waals surface area contributed by atoms with Gasteiger partial charge in [0.25, 0.3) is 0 Å². The lowest BCUT2D eigenvalue weighted by Gasteiger charge is -2.30. The quantitative estimate of drug-likeness (QED) is 0.827. The summed E-state index contributed by atoms with van der Waals surface area (Å²) in [6.45, 7) is 9.29. The summed E-state index contributed by atoms with van der Waals surface area (Å²) in [6, 6.07) is 1.96. The fourth-order valence-corrected chi connectivity index (χ4v) is 2.55. The van der Waals surface area contributed by atoms with E-state index in [2.05, 4.69) is 34.0 Å². The molecule has 0 unspecified atom stereocenters. The maximum Gasteiger partial charge on any atom is 0.218 e. The minimum Gasteiger partial charge on any atom is -0.478 e. The van der Waals surface area contributed by atoms with Gasteiger partial charge in [0.15, 0.2) is 0 Å². The molecule has 1 N–H and O–H groups in total. The number of piperidine rings is 1. The molecule has 1 aromatic rings.